The summed E-state index contributed by atoms with van der Waals surface area (Å²) in [6, 6.07) is 0. The van der Waals surface area contributed by atoms with Crippen molar-refractivity contribution in [2.45, 2.75) is 0 Å². The second kappa shape index (κ2) is 2.38. The highest BCUT2D eigenvalue weighted by Crippen LogP contribution is 1.64. The van der Waals surface area contributed by atoms with Crippen molar-refractivity contribution >= 4 is 0 Å². The van der Waals surface area contributed by atoms with Crippen molar-refractivity contribution in [3.63, 3.8) is 0 Å². The van der Waals surface area contributed by atoms with Gasteiger partial charge in [-0.2, -0.15) is 0 Å². The van der Waals surface area contributed by atoms with Crippen LogP contribution in [0.15, 0.2) is 12.7 Å². The smallest absolute Gasteiger partial charge is 0.221 e. The Morgan fingerprint density at radius 2 is 2.50 bits per heavy atom. The highest BCUT2D eigenvalue weighted by molar-refractivity contribution is 4.62. The predicted octanol–water partition coefficient (Wildman–Crippen LogP) is 0.449. The molecule has 34 valence electrons. The van der Waals surface area contributed by atoms with E-state index in [1.54, 1.807) is 0 Å². The van der Waals surface area contributed by atoms with E-state index in [1.165, 1.54) is 6.08 Å². The molecule has 0 radical (unpaired) electrons. The molecule has 0 rings (SSSR count). The average Bonchev–Trinajstić information content (AvgIpc) is 1.35. The zero-order valence-electron chi connectivity index (χ0n) is 3.26. The summed E-state index contributed by atoms with van der Waals surface area (Å²) in [7, 11) is 0. The first-order chi connectivity index (χ1) is 2.77. The minimum Gasteiger partial charge on any atom is -0.264 e. The summed E-state index contributed by atoms with van der Waals surface area (Å²) in [4.78, 5) is 8.90. The molecule has 0 aliphatic carbocycles. The molecule has 0 heterocycles. The predicted molar refractivity (Wildman–Crippen MR) is 22.1 cm³/mol. The Bertz CT molecular complexity index is 69.2. The molecule has 6 heavy (non-hydrogen) atoms. The van der Waals surface area contributed by atoms with Crippen LogP contribution in [-0.4, -0.2) is 11.5 Å². The number of hydrogen-bond acceptors (Lipinski definition) is 2. The molecule has 0 aliphatic heterocycles. The van der Waals surface area contributed by atoms with E-state index in [2.05, 4.69) is 6.58 Å². The lowest BCUT2D eigenvalue weighted by atomic mass is 10.7. The summed E-state index contributed by atoms with van der Waals surface area (Å²) in [5, 5.41) is 9.33. The lowest BCUT2D eigenvalue weighted by molar-refractivity contribution is -0.468. The molecular weight excluding hydrogens is 82.0 g/mol. The van der Waals surface area contributed by atoms with Crippen LogP contribution in [0.2, 0.25) is 0 Å². The van der Waals surface area contributed by atoms with Gasteiger partial charge in [0, 0.05) is 4.92 Å². The maximum atomic E-state index is 9.33. The monoisotopic (exact) mass is 87.0 g/mol. The van der Waals surface area contributed by atoms with Crippen LogP contribution in [0, 0.1) is 10.1 Å². The standard InChI is InChI=1S/C3H5NO2/c1-2-3-4(5)6/h2H,1,3H2. The Labute approximate surface area is 35.4 Å². The number of rotatable bonds is 2. The fraction of sp³-hybridized carbons (Fsp3) is 0.333. The quantitative estimate of drug-likeness (QED) is 0.279. The second-order valence-corrected chi connectivity index (χ2v) is 0.804. The van der Waals surface area contributed by atoms with Gasteiger partial charge in [-0.1, -0.05) is 6.58 Å². The largest absolute Gasteiger partial charge is 0.264 e. The normalized spacial score (nSPS) is 7.33. The number of nitrogens with zero attached hydrogens (tertiary/aromatic N) is 1. The molecule has 0 atom stereocenters. The van der Waals surface area contributed by atoms with E-state index in [1.807, 2.05) is 0 Å². The Morgan fingerprint density at radius 3 is 2.50 bits per heavy atom. The molecule has 0 bridgehead atoms. The molecule has 0 unspecified atom stereocenters. The van der Waals surface area contributed by atoms with Crippen molar-refractivity contribution in [1.82, 2.24) is 0 Å². The van der Waals surface area contributed by atoms with Gasteiger partial charge in [-0.3, -0.25) is 10.1 Å². The average molecular weight is 87.1 g/mol. The van der Waals surface area contributed by atoms with Crippen molar-refractivity contribution in [3.05, 3.63) is 22.8 Å². The zero-order valence-corrected chi connectivity index (χ0v) is 3.26. The van der Waals surface area contributed by atoms with E-state index < -0.39 is 4.92 Å². The van der Waals surface area contributed by atoms with Crippen molar-refractivity contribution in [1.29, 1.82) is 0 Å². The molecule has 0 aromatic rings. The Hall–Kier alpha value is -0.860. The topological polar surface area (TPSA) is 43.1 Å². The minimum absolute atomic E-state index is 0.139. The number of nitro groups is 1. The highest BCUT2D eigenvalue weighted by Gasteiger charge is 1.81. The first-order valence-corrected chi connectivity index (χ1v) is 1.50. The van der Waals surface area contributed by atoms with E-state index in [4.69, 9.17) is 0 Å². The summed E-state index contributed by atoms with van der Waals surface area (Å²) in [6.45, 7) is 3.02. The Kier molecular flexibility index (Phi) is 2.04. The van der Waals surface area contributed by atoms with Crippen LogP contribution in [0.3, 0.4) is 0 Å². The zero-order chi connectivity index (χ0) is 4.99. The molecule has 3 heteroatoms. The van der Waals surface area contributed by atoms with E-state index in [0.29, 0.717) is 0 Å². The summed E-state index contributed by atoms with van der Waals surface area (Å²) in [5.41, 5.74) is 0. The first-order valence-electron chi connectivity index (χ1n) is 1.50. The van der Waals surface area contributed by atoms with Crippen molar-refractivity contribution in [2.75, 3.05) is 6.54 Å². The van der Waals surface area contributed by atoms with Crippen LogP contribution in [0.1, 0.15) is 0 Å². The molecule has 0 N–H and O–H groups in total. The molecular formula is C3H5NO2. The van der Waals surface area contributed by atoms with Gasteiger partial charge in [0.25, 0.3) is 0 Å². The van der Waals surface area contributed by atoms with Crippen LogP contribution in [0.25, 0.3) is 0 Å². The van der Waals surface area contributed by atoms with Crippen LogP contribution < -0.4 is 0 Å². The molecule has 0 fully saturated rings. The first kappa shape index (κ1) is 5.14. The van der Waals surface area contributed by atoms with Gasteiger partial charge in [0.2, 0.25) is 6.54 Å². The molecule has 0 aliphatic rings. The van der Waals surface area contributed by atoms with Crippen molar-refractivity contribution < 1.29 is 4.92 Å². The maximum absolute atomic E-state index is 9.33. The highest BCUT2D eigenvalue weighted by atomic mass is 16.6. The SMILES string of the molecule is C=CC[N+](=O)[O-]. The molecule has 0 amide bonds. The fourth-order valence-corrected chi connectivity index (χ4v) is 0.105. The molecule has 0 spiro atoms. The Balaban J connectivity index is 3.05. The summed E-state index contributed by atoms with van der Waals surface area (Å²) in [6.07, 6.45) is 1.25. The number of hydrogen-bond donors (Lipinski definition) is 0. The lowest BCUT2D eigenvalue weighted by Gasteiger charge is -1.76. The fourth-order valence-electron chi connectivity index (χ4n) is 0.105. The van der Waals surface area contributed by atoms with Gasteiger partial charge in [-0.15, -0.1) is 0 Å². The van der Waals surface area contributed by atoms with Crippen LogP contribution in [0.5, 0.6) is 0 Å². The van der Waals surface area contributed by atoms with Crippen LogP contribution >= 0.6 is 0 Å². The maximum Gasteiger partial charge on any atom is 0.221 e. The summed E-state index contributed by atoms with van der Waals surface area (Å²) < 4.78 is 0. The second-order valence-electron chi connectivity index (χ2n) is 0.804. The van der Waals surface area contributed by atoms with Gasteiger partial charge in [0.15, 0.2) is 0 Å². The van der Waals surface area contributed by atoms with Gasteiger partial charge in [0.1, 0.15) is 0 Å². The van der Waals surface area contributed by atoms with Crippen molar-refractivity contribution in [2.24, 2.45) is 0 Å². The molecule has 0 saturated heterocycles. The van der Waals surface area contributed by atoms with E-state index in [9.17, 15) is 10.1 Å². The van der Waals surface area contributed by atoms with Crippen molar-refractivity contribution in [3.8, 4) is 0 Å². The van der Waals surface area contributed by atoms with E-state index in [-0.39, 0.29) is 6.54 Å². The third-order valence-electron chi connectivity index (χ3n) is 0.278. The lowest BCUT2D eigenvalue weighted by Crippen LogP contribution is -1.94. The van der Waals surface area contributed by atoms with E-state index in [0.717, 1.165) is 0 Å². The van der Waals surface area contributed by atoms with Gasteiger partial charge in [-0.25, -0.2) is 0 Å². The van der Waals surface area contributed by atoms with Crippen LogP contribution in [0.4, 0.5) is 0 Å². The molecule has 0 aromatic carbocycles. The van der Waals surface area contributed by atoms with Gasteiger partial charge in [-0.05, 0) is 6.08 Å². The van der Waals surface area contributed by atoms with Gasteiger partial charge < -0.3 is 0 Å². The minimum atomic E-state index is -0.438. The van der Waals surface area contributed by atoms with E-state index >= 15 is 0 Å². The van der Waals surface area contributed by atoms with Gasteiger partial charge >= 0.3 is 0 Å². The Morgan fingerprint density at radius 1 is 2.00 bits per heavy atom. The molecule has 3 nitrogen and oxygen atoms in total. The van der Waals surface area contributed by atoms with Gasteiger partial charge in [0.05, 0.1) is 0 Å². The third-order valence-corrected chi connectivity index (χ3v) is 0.278. The summed E-state index contributed by atoms with van der Waals surface area (Å²) >= 11 is 0. The van der Waals surface area contributed by atoms with Crippen LogP contribution in [-0.2, 0) is 0 Å². The molecule has 0 aromatic heterocycles. The molecule has 0 saturated carbocycles. The third kappa shape index (κ3) is 3.14. The summed E-state index contributed by atoms with van der Waals surface area (Å²) in [5.74, 6) is 0.